The molecule has 74 valence electrons. The van der Waals surface area contributed by atoms with Gasteiger partial charge in [-0.05, 0) is 24.2 Å². The second-order valence-electron chi connectivity index (χ2n) is 4.37. The van der Waals surface area contributed by atoms with Crippen LogP contribution in [0.15, 0.2) is 0 Å². The van der Waals surface area contributed by atoms with E-state index < -0.39 is 0 Å². The predicted molar refractivity (Wildman–Crippen MR) is 57.4 cm³/mol. The molecule has 0 bridgehead atoms. The Morgan fingerprint density at radius 2 is 1.33 bits per heavy atom. The fraction of sp³-hybridized carbons (Fsp3) is 1.00. The second-order valence-corrected chi connectivity index (χ2v) is 4.37. The Balaban J connectivity index is 4.28. The summed E-state index contributed by atoms with van der Waals surface area (Å²) in [5, 5.41) is 0. The summed E-state index contributed by atoms with van der Waals surface area (Å²) in [7, 11) is 0. The molecule has 0 fully saturated rings. The van der Waals surface area contributed by atoms with Gasteiger partial charge >= 0.3 is 0 Å². The van der Waals surface area contributed by atoms with Crippen molar-refractivity contribution in [3.05, 3.63) is 0 Å². The number of rotatable bonds is 6. The van der Waals surface area contributed by atoms with Crippen LogP contribution < -0.4 is 0 Å². The summed E-state index contributed by atoms with van der Waals surface area (Å²) in [4.78, 5) is 0. The predicted octanol–water partition coefficient (Wildman–Crippen LogP) is 4.64. The Labute approximate surface area is 78.8 Å². The first-order valence-corrected chi connectivity index (χ1v) is 5.63. The molecule has 0 heterocycles. The zero-order chi connectivity index (χ0) is 9.61. The Morgan fingerprint density at radius 1 is 0.917 bits per heavy atom. The van der Waals surface area contributed by atoms with Gasteiger partial charge in [0, 0.05) is 0 Å². The molecule has 0 aliphatic carbocycles. The molecule has 0 amide bonds. The highest BCUT2D eigenvalue weighted by Gasteiger charge is 2.29. The molecule has 0 aromatic heterocycles. The lowest BCUT2D eigenvalue weighted by atomic mass is 9.69. The van der Waals surface area contributed by atoms with Crippen LogP contribution in [0.4, 0.5) is 0 Å². The maximum Gasteiger partial charge on any atom is -0.0277 e. The normalized spacial score (nSPS) is 12.5. The molecule has 0 saturated heterocycles. The Morgan fingerprint density at radius 3 is 1.50 bits per heavy atom. The lowest BCUT2D eigenvalue weighted by Gasteiger charge is -2.36. The maximum absolute atomic E-state index is 2.38. The summed E-state index contributed by atoms with van der Waals surface area (Å²) in [5.74, 6) is 0.849. The summed E-state index contributed by atoms with van der Waals surface area (Å²) in [6.45, 7) is 11.7. The van der Waals surface area contributed by atoms with E-state index in [0.717, 1.165) is 5.92 Å². The first-order chi connectivity index (χ1) is 5.63. The van der Waals surface area contributed by atoms with Crippen LogP contribution in [0.5, 0.6) is 0 Å². The minimum absolute atomic E-state index is 0.642. The van der Waals surface area contributed by atoms with Crippen LogP contribution in [0.3, 0.4) is 0 Å². The van der Waals surface area contributed by atoms with Crippen molar-refractivity contribution in [1.29, 1.82) is 0 Å². The molecule has 0 atom stereocenters. The van der Waals surface area contributed by atoms with Crippen molar-refractivity contribution in [3.8, 4) is 0 Å². The highest BCUT2D eigenvalue weighted by molar-refractivity contribution is 4.80. The molecule has 0 nitrogen and oxygen atoms in total. The summed E-state index contributed by atoms with van der Waals surface area (Å²) in [5.41, 5.74) is 0.642. The maximum atomic E-state index is 2.38. The number of hydrogen-bond donors (Lipinski definition) is 0. The molecule has 0 aromatic carbocycles. The lowest BCUT2D eigenvalue weighted by molar-refractivity contribution is 0.143. The largest absolute Gasteiger partial charge is 0.0654 e. The van der Waals surface area contributed by atoms with Gasteiger partial charge in [0.1, 0.15) is 0 Å². The van der Waals surface area contributed by atoms with Gasteiger partial charge in [0.25, 0.3) is 0 Å². The first kappa shape index (κ1) is 12.0. The highest BCUT2D eigenvalue weighted by atomic mass is 14.3. The van der Waals surface area contributed by atoms with Crippen LogP contribution in [0, 0.1) is 11.3 Å². The molecule has 0 aromatic rings. The Kier molecular flexibility index (Phi) is 5.61. The third-order valence-electron chi connectivity index (χ3n) is 3.42. The van der Waals surface area contributed by atoms with Crippen molar-refractivity contribution in [1.82, 2.24) is 0 Å². The summed E-state index contributed by atoms with van der Waals surface area (Å²) in [6.07, 6.45) is 6.86. The lowest BCUT2D eigenvalue weighted by Crippen LogP contribution is -2.26. The number of hydrogen-bond acceptors (Lipinski definition) is 0. The standard InChI is InChI=1S/C12H26/c1-6-9-12(8-3,10-7-2)11(4)5/h11H,6-10H2,1-5H3. The molecular formula is C12H26. The Hall–Kier alpha value is 0. The minimum Gasteiger partial charge on any atom is -0.0654 e. The van der Waals surface area contributed by atoms with Crippen LogP contribution in [-0.2, 0) is 0 Å². The fourth-order valence-electron chi connectivity index (χ4n) is 2.46. The molecular weight excluding hydrogens is 144 g/mol. The fourth-order valence-corrected chi connectivity index (χ4v) is 2.46. The van der Waals surface area contributed by atoms with E-state index in [0.29, 0.717) is 5.41 Å². The SMILES string of the molecule is CCCC(CC)(CCC)C(C)C. The van der Waals surface area contributed by atoms with E-state index in [1.807, 2.05) is 0 Å². The topological polar surface area (TPSA) is 0 Å². The van der Waals surface area contributed by atoms with E-state index >= 15 is 0 Å². The van der Waals surface area contributed by atoms with E-state index in [-0.39, 0.29) is 0 Å². The molecule has 0 radical (unpaired) electrons. The van der Waals surface area contributed by atoms with Gasteiger partial charge in [0.15, 0.2) is 0 Å². The molecule has 0 N–H and O–H groups in total. The van der Waals surface area contributed by atoms with Crippen LogP contribution in [0.1, 0.15) is 66.7 Å². The van der Waals surface area contributed by atoms with Crippen LogP contribution in [0.25, 0.3) is 0 Å². The van der Waals surface area contributed by atoms with E-state index in [1.165, 1.54) is 32.1 Å². The summed E-state index contributed by atoms with van der Waals surface area (Å²) in [6, 6.07) is 0. The smallest absolute Gasteiger partial charge is 0.0277 e. The third-order valence-corrected chi connectivity index (χ3v) is 3.42. The van der Waals surface area contributed by atoms with Crippen molar-refractivity contribution < 1.29 is 0 Å². The molecule has 0 rings (SSSR count). The van der Waals surface area contributed by atoms with E-state index in [9.17, 15) is 0 Å². The van der Waals surface area contributed by atoms with Gasteiger partial charge in [-0.25, -0.2) is 0 Å². The zero-order valence-corrected chi connectivity index (χ0v) is 9.61. The van der Waals surface area contributed by atoms with E-state index in [2.05, 4.69) is 34.6 Å². The van der Waals surface area contributed by atoms with E-state index in [1.54, 1.807) is 0 Å². The molecule has 0 aliphatic rings. The van der Waals surface area contributed by atoms with Gasteiger partial charge in [0.05, 0.1) is 0 Å². The molecule has 0 unspecified atom stereocenters. The van der Waals surface area contributed by atoms with Gasteiger partial charge in [-0.3, -0.25) is 0 Å². The van der Waals surface area contributed by atoms with Crippen molar-refractivity contribution in [2.45, 2.75) is 66.7 Å². The van der Waals surface area contributed by atoms with Crippen molar-refractivity contribution in [2.24, 2.45) is 11.3 Å². The van der Waals surface area contributed by atoms with Gasteiger partial charge in [-0.2, -0.15) is 0 Å². The van der Waals surface area contributed by atoms with Crippen molar-refractivity contribution >= 4 is 0 Å². The van der Waals surface area contributed by atoms with Crippen LogP contribution in [-0.4, -0.2) is 0 Å². The Bertz CT molecular complexity index is 96.6. The van der Waals surface area contributed by atoms with Crippen LogP contribution in [0.2, 0.25) is 0 Å². The first-order valence-electron chi connectivity index (χ1n) is 5.63. The average molecular weight is 170 g/mol. The zero-order valence-electron chi connectivity index (χ0n) is 9.61. The molecule has 0 spiro atoms. The molecule has 0 heteroatoms. The molecule has 0 saturated carbocycles. The van der Waals surface area contributed by atoms with Gasteiger partial charge in [-0.15, -0.1) is 0 Å². The van der Waals surface area contributed by atoms with Crippen molar-refractivity contribution in [3.63, 3.8) is 0 Å². The average Bonchev–Trinajstić information content (AvgIpc) is 2.03. The summed E-state index contributed by atoms with van der Waals surface area (Å²) >= 11 is 0. The minimum atomic E-state index is 0.642. The third kappa shape index (κ3) is 2.80. The van der Waals surface area contributed by atoms with Crippen LogP contribution >= 0.6 is 0 Å². The van der Waals surface area contributed by atoms with E-state index in [4.69, 9.17) is 0 Å². The van der Waals surface area contributed by atoms with Crippen molar-refractivity contribution in [2.75, 3.05) is 0 Å². The molecule has 0 aliphatic heterocycles. The quantitative estimate of drug-likeness (QED) is 0.545. The second kappa shape index (κ2) is 5.61. The summed E-state index contributed by atoms with van der Waals surface area (Å²) < 4.78 is 0. The van der Waals surface area contributed by atoms with Gasteiger partial charge in [-0.1, -0.05) is 53.9 Å². The van der Waals surface area contributed by atoms with Gasteiger partial charge < -0.3 is 0 Å². The molecule has 12 heavy (non-hydrogen) atoms. The monoisotopic (exact) mass is 170 g/mol. The van der Waals surface area contributed by atoms with Gasteiger partial charge in [0.2, 0.25) is 0 Å². The highest BCUT2D eigenvalue weighted by Crippen LogP contribution is 2.40.